The SMILES string of the molecule is CCOC(=O)N1CCN(C(=O)/C(C)=C/c2ccccc2F)CC1. The van der Waals surface area contributed by atoms with Crippen LogP contribution in [0.1, 0.15) is 19.4 Å². The molecule has 0 unspecified atom stereocenters. The van der Waals surface area contributed by atoms with Gasteiger partial charge in [-0.25, -0.2) is 9.18 Å². The summed E-state index contributed by atoms with van der Waals surface area (Å²) in [5, 5.41) is 0. The van der Waals surface area contributed by atoms with E-state index in [1.807, 2.05) is 0 Å². The van der Waals surface area contributed by atoms with E-state index in [1.165, 1.54) is 6.07 Å². The summed E-state index contributed by atoms with van der Waals surface area (Å²) in [5.41, 5.74) is 0.864. The minimum absolute atomic E-state index is 0.142. The molecule has 5 nitrogen and oxygen atoms in total. The van der Waals surface area contributed by atoms with E-state index in [4.69, 9.17) is 4.74 Å². The van der Waals surface area contributed by atoms with Gasteiger partial charge in [-0.2, -0.15) is 0 Å². The van der Waals surface area contributed by atoms with Crippen LogP contribution in [0.4, 0.5) is 9.18 Å². The molecule has 0 atom stereocenters. The fourth-order valence-electron chi connectivity index (χ4n) is 2.44. The molecule has 0 bridgehead atoms. The molecule has 2 rings (SSSR count). The maximum absolute atomic E-state index is 13.6. The number of nitrogens with zero attached hydrogens (tertiary/aromatic N) is 2. The third-order valence-electron chi connectivity index (χ3n) is 3.71. The summed E-state index contributed by atoms with van der Waals surface area (Å²) in [6.45, 7) is 5.54. The Hall–Kier alpha value is -2.37. The molecular weight excluding hydrogens is 299 g/mol. The number of halogens is 1. The Balaban J connectivity index is 1.97. The number of carbonyl (C=O) groups excluding carboxylic acids is 2. The second-order valence-electron chi connectivity index (χ2n) is 5.33. The predicted molar refractivity (Wildman–Crippen MR) is 85.2 cm³/mol. The Morgan fingerprint density at radius 1 is 1.17 bits per heavy atom. The summed E-state index contributed by atoms with van der Waals surface area (Å²) < 4.78 is 18.6. The van der Waals surface area contributed by atoms with Gasteiger partial charge in [-0.15, -0.1) is 0 Å². The lowest BCUT2D eigenvalue weighted by atomic mass is 10.1. The van der Waals surface area contributed by atoms with E-state index in [9.17, 15) is 14.0 Å². The fourth-order valence-corrected chi connectivity index (χ4v) is 2.44. The lowest BCUT2D eigenvalue weighted by molar-refractivity contribution is -0.128. The summed E-state index contributed by atoms with van der Waals surface area (Å²) in [6.07, 6.45) is 1.20. The van der Waals surface area contributed by atoms with Crippen LogP contribution >= 0.6 is 0 Å². The largest absolute Gasteiger partial charge is 0.450 e. The van der Waals surface area contributed by atoms with Crippen LogP contribution in [-0.4, -0.2) is 54.6 Å². The first-order valence-electron chi connectivity index (χ1n) is 7.66. The van der Waals surface area contributed by atoms with Crippen molar-refractivity contribution in [3.8, 4) is 0 Å². The molecule has 0 aromatic heterocycles. The van der Waals surface area contributed by atoms with Gasteiger partial charge in [0.15, 0.2) is 0 Å². The van der Waals surface area contributed by atoms with Gasteiger partial charge in [0.2, 0.25) is 5.91 Å². The highest BCUT2D eigenvalue weighted by atomic mass is 19.1. The van der Waals surface area contributed by atoms with E-state index in [-0.39, 0.29) is 17.8 Å². The van der Waals surface area contributed by atoms with Crippen molar-refractivity contribution in [3.05, 3.63) is 41.2 Å². The molecule has 0 aliphatic carbocycles. The van der Waals surface area contributed by atoms with Gasteiger partial charge in [0.25, 0.3) is 0 Å². The zero-order valence-electron chi connectivity index (χ0n) is 13.4. The first kappa shape index (κ1) is 17.0. The zero-order chi connectivity index (χ0) is 16.8. The normalized spacial score (nSPS) is 15.5. The van der Waals surface area contributed by atoms with E-state index in [1.54, 1.807) is 47.9 Å². The monoisotopic (exact) mass is 320 g/mol. The van der Waals surface area contributed by atoms with Crippen LogP contribution < -0.4 is 0 Å². The summed E-state index contributed by atoms with van der Waals surface area (Å²) in [5.74, 6) is -0.497. The molecule has 1 aromatic rings. The third-order valence-corrected chi connectivity index (χ3v) is 3.71. The Morgan fingerprint density at radius 3 is 2.39 bits per heavy atom. The highest BCUT2D eigenvalue weighted by Gasteiger charge is 2.25. The zero-order valence-corrected chi connectivity index (χ0v) is 13.4. The molecule has 1 heterocycles. The van der Waals surface area contributed by atoms with E-state index in [2.05, 4.69) is 0 Å². The van der Waals surface area contributed by atoms with E-state index >= 15 is 0 Å². The smallest absolute Gasteiger partial charge is 0.409 e. The summed E-state index contributed by atoms with van der Waals surface area (Å²) in [4.78, 5) is 27.3. The Labute approximate surface area is 135 Å². The number of hydrogen-bond acceptors (Lipinski definition) is 3. The average Bonchev–Trinajstić information content (AvgIpc) is 2.56. The second-order valence-corrected chi connectivity index (χ2v) is 5.33. The minimum Gasteiger partial charge on any atom is -0.450 e. The van der Waals surface area contributed by atoms with Crippen LogP contribution in [-0.2, 0) is 9.53 Å². The number of hydrogen-bond donors (Lipinski definition) is 0. The molecule has 124 valence electrons. The molecule has 0 radical (unpaired) electrons. The maximum atomic E-state index is 13.6. The average molecular weight is 320 g/mol. The fraction of sp³-hybridized carbons (Fsp3) is 0.412. The quantitative estimate of drug-likeness (QED) is 0.804. The van der Waals surface area contributed by atoms with Crippen LogP contribution in [0.25, 0.3) is 6.08 Å². The van der Waals surface area contributed by atoms with Gasteiger partial charge >= 0.3 is 6.09 Å². The van der Waals surface area contributed by atoms with Crippen LogP contribution in [0.15, 0.2) is 29.8 Å². The van der Waals surface area contributed by atoms with Crippen molar-refractivity contribution in [1.29, 1.82) is 0 Å². The van der Waals surface area contributed by atoms with Crippen molar-refractivity contribution in [2.24, 2.45) is 0 Å². The number of ether oxygens (including phenoxy) is 1. The Morgan fingerprint density at radius 2 is 1.78 bits per heavy atom. The van der Waals surface area contributed by atoms with Crippen LogP contribution in [0.3, 0.4) is 0 Å². The summed E-state index contributed by atoms with van der Waals surface area (Å²) in [7, 11) is 0. The molecular formula is C17H21FN2O3. The minimum atomic E-state index is -0.355. The molecule has 1 aliphatic rings. The van der Waals surface area contributed by atoms with E-state index in [0.717, 1.165) is 0 Å². The predicted octanol–water partition coefficient (Wildman–Crippen LogP) is 2.53. The first-order chi connectivity index (χ1) is 11.0. The second kappa shape index (κ2) is 7.76. The molecule has 2 amide bonds. The summed E-state index contributed by atoms with van der Waals surface area (Å²) >= 11 is 0. The third kappa shape index (κ3) is 4.31. The number of benzene rings is 1. The number of carbonyl (C=O) groups is 2. The highest BCUT2D eigenvalue weighted by molar-refractivity contribution is 5.97. The number of amides is 2. The molecule has 6 heteroatoms. The van der Waals surface area contributed by atoms with Crippen molar-refractivity contribution in [3.63, 3.8) is 0 Å². The standard InChI is InChI=1S/C17H21FN2O3/c1-3-23-17(22)20-10-8-19(9-11-20)16(21)13(2)12-14-6-4-5-7-15(14)18/h4-7,12H,3,8-11H2,1-2H3/b13-12+. The van der Waals surface area contributed by atoms with Crippen LogP contribution in [0, 0.1) is 5.82 Å². The van der Waals surface area contributed by atoms with Gasteiger partial charge in [-0.1, -0.05) is 18.2 Å². The maximum Gasteiger partial charge on any atom is 0.409 e. The molecule has 1 saturated heterocycles. The Kier molecular flexibility index (Phi) is 5.73. The molecule has 0 spiro atoms. The molecule has 1 aliphatic heterocycles. The van der Waals surface area contributed by atoms with Gasteiger partial charge < -0.3 is 14.5 Å². The van der Waals surface area contributed by atoms with Crippen molar-refractivity contribution in [2.75, 3.05) is 32.8 Å². The molecule has 0 saturated carbocycles. The van der Waals surface area contributed by atoms with Gasteiger partial charge in [0.1, 0.15) is 5.82 Å². The lowest BCUT2D eigenvalue weighted by Gasteiger charge is -2.34. The van der Waals surface area contributed by atoms with Crippen molar-refractivity contribution in [2.45, 2.75) is 13.8 Å². The first-order valence-corrected chi connectivity index (χ1v) is 7.66. The number of piperazine rings is 1. The van der Waals surface area contributed by atoms with Crippen LogP contribution in [0.5, 0.6) is 0 Å². The van der Waals surface area contributed by atoms with Crippen molar-refractivity contribution in [1.82, 2.24) is 9.80 Å². The number of rotatable bonds is 3. The van der Waals surface area contributed by atoms with Crippen molar-refractivity contribution >= 4 is 18.1 Å². The van der Waals surface area contributed by atoms with Crippen molar-refractivity contribution < 1.29 is 18.7 Å². The summed E-state index contributed by atoms with van der Waals surface area (Å²) in [6, 6.07) is 6.33. The van der Waals surface area contributed by atoms with Gasteiger partial charge in [0.05, 0.1) is 6.61 Å². The van der Waals surface area contributed by atoms with Gasteiger partial charge in [-0.3, -0.25) is 4.79 Å². The molecule has 1 aromatic carbocycles. The van der Waals surface area contributed by atoms with Gasteiger partial charge in [0, 0.05) is 37.3 Å². The highest BCUT2D eigenvalue weighted by Crippen LogP contribution is 2.14. The Bertz CT molecular complexity index is 608. The van der Waals surface area contributed by atoms with Crippen LogP contribution in [0.2, 0.25) is 0 Å². The molecule has 1 fully saturated rings. The van der Waals surface area contributed by atoms with Gasteiger partial charge in [-0.05, 0) is 26.0 Å². The van der Waals surface area contributed by atoms with E-state index < -0.39 is 0 Å². The molecule has 0 N–H and O–H groups in total. The topological polar surface area (TPSA) is 49.9 Å². The van der Waals surface area contributed by atoms with E-state index in [0.29, 0.717) is 43.9 Å². The lowest BCUT2D eigenvalue weighted by Crippen LogP contribution is -2.50. The molecule has 23 heavy (non-hydrogen) atoms.